The van der Waals surface area contributed by atoms with E-state index in [2.05, 4.69) is 15.7 Å². The molecule has 2 aromatic rings. The molecule has 1 saturated carbocycles. The minimum absolute atomic E-state index is 0.00813. The molecule has 0 atom stereocenters. The molecule has 1 amide bonds. The Balaban J connectivity index is 1.65. The molecule has 27 heavy (non-hydrogen) atoms. The molecule has 1 fully saturated rings. The van der Waals surface area contributed by atoms with E-state index in [0.717, 1.165) is 23.6 Å². The van der Waals surface area contributed by atoms with Gasteiger partial charge in [-0.15, -0.1) is 0 Å². The van der Waals surface area contributed by atoms with Crippen LogP contribution >= 0.6 is 11.6 Å². The van der Waals surface area contributed by atoms with E-state index in [-0.39, 0.29) is 19.1 Å². The number of rotatable bonds is 10. The summed E-state index contributed by atoms with van der Waals surface area (Å²) in [4.78, 5) is 11.9. The number of halogens is 1. The zero-order valence-electron chi connectivity index (χ0n) is 15.4. The molecule has 0 radical (unpaired) electrons. The fourth-order valence-electron chi connectivity index (χ4n) is 2.67. The summed E-state index contributed by atoms with van der Waals surface area (Å²) in [5.74, 6) is 1.77. The summed E-state index contributed by atoms with van der Waals surface area (Å²) in [7, 11) is 0. The molecule has 0 spiro atoms. The summed E-state index contributed by atoms with van der Waals surface area (Å²) >= 11 is 6.17. The number of nitrogens with one attached hydrogen (secondary N) is 2. The third-order valence-corrected chi connectivity index (χ3v) is 4.57. The van der Waals surface area contributed by atoms with Crippen molar-refractivity contribution in [3.63, 3.8) is 0 Å². The highest BCUT2D eigenvalue weighted by molar-refractivity contribution is 6.30. The smallest absolute Gasteiger partial charge is 0.239 e. The highest BCUT2D eigenvalue weighted by Crippen LogP contribution is 2.31. The first-order chi connectivity index (χ1) is 13.0. The molecule has 146 valence electrons. The monoisotopic (exact) mass is 392 g/mol. The Morgan fingerprint density at radius 3 is 2.96 bits per heavy atom. The van der Waals surface area contributed by atoms with E-state index in [1.165, 1.54) is 12.8 Å². The van der Waals surface area contributed by atoms with Crippen molar-refractivity contribution in [1.29, 1.82) is 0 Å². The fourth-order valence-corrected chi connectivity index (χ4v) is 2.86. The van der Waals surface area contributed by atoms with Crippen molar-refractivity contribution in [3.8, 4) is 5.75 Å². The van der Waals surface area contributed by atoms with E-state index >= 15 is 0 Å². The summed E-state index contributed by atoms with van der Waals surface area (Å²) in [5, 5.41) is 19.4. The minimum Gasteiger partial charge on any atom is -0.493 e. The van der Waals surface area contributed by atoms with Crippen LogP contribution in [0, 0.1) is 12.8 Å². The van der Waals surface area contributed by atoms with Gasteiger partial charge in [0.25, 0.3) is 0 Å². The zero-order valence-corrected chi connectivity index (χ0v) is 16.1. The minimum atomic E-state index is -0.204. The molecule has 1 heterocycles. The van der Waals surface area contributed by atoms with Crippen LogP contribution in [0.1, 0.15) is 24.1 Å². The Bertz CT molecular complexity index is 789. The van der Waals surface area contributed by atoms with Crippen LogP contribution < -0.4 is 15.4 Å². The average Bonchev–Trinajstić information content (AvgIpc) is 3.39. The Morgan fingerprint density at radius 1 is 1.41 bits per heavy atom. The zero-order chi connectivity index (χ0) is 19.2. The quantitative estimate of drug-likeness (QED) is 0.539. The largest absolute Gasteiger partial charge is 0.493 e. The topological polar surface area (TPSA) is 88.4 Å². The van der Waals surface area contributed by atoms with E-state index in [1.807, 2.05) is 35.9 Å². The molecule has 0 unspecified atom stereocenters. The normalized spacial score (nSPS) is 13.6. The van der Waals surface area contributed by atoms with Crippen molar-refractivity contribution >= 4 is 23.3 Å². The van der Waals surface area contributed by atoms with Crippen LogP contribution in [-0.2, 0) is 11.3 Å². The lowest BCUT2D eigenvalue weighted by molar-refractivity contribution is -0.115. The van der Waals surface area contributed by atoms with Crippen molar-refractivity contribution in [3.05, 3.63) is 40.5 Å². The molecule has 8 heteroatoms. The maximum absolute atomic E-state index is 11.9. The lowest BCUT2D eigenvalue weighted by Crippen LogP contribution is -2.30. The van der Waals surface area contributed by atoms with Crippen molar-refractivity contribution in [1.82, 2.24) is 15.1 Å². The number of carbonyl (C=O) groups excluding carboxylic acids is 1. The van der Waals surface area contributed by atoms with Crippen LogP contribution in [0.2, 0.25) is 5.02 Å². The van der Waals surface area contributed by atoms with Crippen molar-refractivity contribution in [2.45, 2.75) is 26.3 Å². The number of amides is 1. The van der Waals surface area contributed by atoms with Crippen molar-refractivity contribution < 1.29 is 14.6 Å². The van der Waals surface area contributed by atoms with E-state index in [4.69, 9.17) is 21.4 Å². The summed E-state index contributed by atoms with van der Waals surface area (Å²) in [6.07, 6.45) is 2.47. The molecule has 0 saturated heterocycles. The Hall–Kier alpha value is -2.09. The van der Waals surface area contributed by atoms with Gasteiger partial charge in [-0.1, -0.05) is 11.6 Å². The number of aliphatic hydroxyl groups excluding tert-OH is 1. The van der Waals surface area contributed by atoms with Gasteiger partial charge in [0.05, 0.1) is 26.3 Å². The van der Waals surface area contributed by atoms with Crippen LogP contribution in [0.5, 0.6) is 5.75 Å². The molecule has 1 aromatic carbocycles. The lowest BCUT2D eigenvalue weighted by Gasteiger charge is -2.13. The second-order valence-corrected chi connectivity index (χ2v) is 7.22. The number of hydrogen-bond acceptors (Lipinski definition) is 5. The van der Waals surface area contributed by atoms with Gasteiger partial charge in [-0.3, -0.25) is 9.48 Å². The van der Waals surface area contributed by atoms with Crippen molar-refractivity contribution in [2.75, 3.05) is 31.6 Å². The van der Waals surface area contributed by atoms with Gasteiger partial charge in [-0.05, 0) is 43.9 Å². The number of benzene rings is 1. The molecular formula is C19H25ClN4O3. The molecule has 1 aromatic heterocycles. The second kappa shape index (κ2) is 9.21. The standard InChI is InChI=1S/C19H25ClN4O3/c1-13-8-18(22-19(26)10-21-6-7-25)23-24(13)11-15-9-16(20)4-5-17(15)27-12-14-2-3-14/h4-5,8-9,14,21,25H,2-3,6-7,10-12H2,1H3,(H,22,23,26). The van der Waals surface area contributed by atoms with Crippen LogP contribution in [0.25, 0.3) is 0 Å². The Labute approximate surface area is 163 Å². The highest BCUT2D eigenvalue weighted by atomic mass is 35.5. The molecule has 0 bridgehead atoms. The highest BCUT2D eigenvalue weighted by Gasteiger charge is 2.22. The first-order valence-electron chi connectivity index (χ1n) is 9.12. The number of hydrogen-bond donors (Lipinski definition) is 3. The van der Waals surface area contributed by atoms with E-state index in [1.54, 1.807) is 0 Å². The van der Waals surface area contributed by atoms with E-state index in [0.29, 0.717) is 29.8 Å². The fraction of sp³-hybridized carbons (Fsp3) is 0.474. The average molecular weight is 393 g/mol. The van der Waals surface area contributed by atoms with Crippen molar-refractivity contribution in [2.24, 2.45) is 5.92 Å². The SMILES string of the molecule is Cc1cc(NC(=O)CNCCO)nn1Cc1cc(Cl)ccc1OCC1CC1. The molecule has 1 aliphatic carbocycles. The van der Waals surface area contributed by atoms with E-state index < -0.39 is 0 Å². The van der Waals surface area contributed by atoms with Crippen LogP contribution in [0.4, 0.5) is 5.82 Å². The predicted molar refractivity (Wildman–Crippen MR) is 104 cm³/mol. The third-order valence-electron chi connectivity index (χ3n) is 4.34. The molecular weight excluding hydrogens is 368 g/mol. The van der Waals surface area contributed by atoms with Gasteiger partial charge in [0, 0.05) is 28.9 Å². The van der Waals surface area contributed by atoms with Crippen LogP contribution in [-0.4, -0.2) is 47.1 Å². The number of aliphatic hydroxyl groups is 1. The van der Waals surface area contributed by atoms with Gasteiger partial charge in [-0.25, -0.2) is 0 Å². The molecule has 7 nitrogen and oxygen atoms in total. The predicted octanol–water partition coefficient (Wildman–Crippen LogP) is 2.20. The lowest BCUT2D eigenvalue weighted by atomic mass is 10.2. The number of ether oxygens (including phenoxy) is 1. The Morgan fingerprint density at radius 2 is 2.22 bits per heavy atom. The molecule has 3 rings (SSSR count). The summed E-state index contributed by atoms with van der Waals surface area (Å²) < 4.78 is 7.77. The number of anilines is 1. The van der Waals surface area contributed by atoms with Gasteiger partial charge < -0.3 is 20.5 Å². The molecule has 3 N–H and O–H groups in total. The third kappa shape index (κ3) is 5.95. The first-order valence-corrected chi connectivity index (χ1v) is 9.50. The van der Waals surface area contributed by atoms with Crippen LogP contribution in [0.3, 0.4) is 0 Å². The van der Waals surface area contributed by atoms with Gasteiger partial charge in [0.1, 0.15) is 5.75 Å². The Kier molecular flexibility index (Phi) is 6.71. The van der Waals surface area contributed by atoms with E-state index in [9.17, 15) is 4.79 Å². The number of carbonyl (C=O) groups is 1. The van der Waals surface area contributed by atoms with Gasteiger partial charge in [-0.2, -0.15) is 5.10 Å². The maximum atomic E-state index is 11.9. The number of nitrogens with zero attached hydrogens (tertiary/aromatic N) is 2. The maximum Gasteiger partial charge on any atom is 0.239 e. The second-order valence-electron chi connectivity index (χ2n) is 6.78. The number of aromatic nitrogens is 2. The number of aryl methyl sites for hydroxylation is 1. The van der Waals surface area contributed by atoms with Gasteiger partial charge in [0.15, 0.2) is 5.82 Å². The summed E-state index contributed by atoms with van der Waals surface area (Å²) in [5.41, 5.74) is 1.87. The summed E-state index contributed by atoms with van der Waals surface area (Å²) in [6, 6.07) is 7.43. The van der Waals surface area contributed by atoms with Crippen LogP contribution in [0.15, 0.2) is 24.3 Å². The van der Waals surface area contributed by atoms with Gasteiger partial charge >= 0.3 is 0 Å². The first kappa shape index (κ1) is 19.7. The summed E-state index contributed by atoms with van der Waals surface area (Å²) in [6.45, 7) is 3.66. The van der Waals surface area contributed by atoms with Gasteiger partial charge in [0.2, 0.25) is 5.91 Å². The molecule has 0 aliphatic heterocycles. The molecule has 1 aliphatic rings.